The van der Waals surface area contributed by atoms with Crippen LogP contribution < -0.4 is 0 Å². The van der Waals surface area contributed by atoms with Gasteiger partial charge in [0, 0.05) is 37.2 Å². The summed E-state index contributed by atoms with van der Waals surface area (Å²) in [5.41, 5.74) is 5.04. The molecule has 0 fully saturated rings. The Hall–Kier alpha value is -2.83. The molecule has 25 heteroatoms. The quantitative estimate of drug-likeness (QED) is 0.0832. The zero-order valence-electron chi connectivity index (χ0n) is 23.9. The molecule has 0 spiro atoms. The lowest BCUT2D eigenvalue weighted by Crippen LogP contribution is -1.85. The monoisotopic (exact) mass is 836 g/mol. The van der Waals surface area contributed by atoms with E-state index in [-0.39, 0.29) is 0 Å². The fraction of sp³-hybridized carbons (Fsp3) is 0. The number of rotatable bonds is 4. The summed E-state index contributed by atoms with van der Waals surface area (Å²) in [6.07, 6.45) is 0. The molecule has 49 heavy (non-hydrogen) atoms. The van der Waals surface area contributed by atoms with Crippen LogP contribution >= 0.6 is 61.8 Å². The molecule has 0 saturated carbocycles. The highest BCUT2D eigenvalue weighted by Crippen LogP contribution is 2.34. The zero-order valence-corrected chi connectivity index (χ0v) is 30.1. The van der Waals surface area contributed by atoms with Crippen LogP contribution in [0.5, 0.6) is 0 Å². The Labute approximate surface area is 284 Å². The van der Waals surface area contributed by atoms with Crippen LogP contribution in [0.2, 0.25) is 0 Å². The van der Waals surface area contributed by atoms with Crippen LogP contribution in [0.1, 0.15) is 0 Å². The molecule has 0 heterocycles. The van der Waals surface area contributed by atoms with Crippen molar-refractivity contribution in [3.8, 4) is 22.3 Å². The molecule has 0 amide bonds. The second-order valence-corrected chi connectivity index (χ2v) is 11.1. The minimum atomic E-state index is -3.37. The first-order chi connectivity index (χ1) is 22.8. The first kappa shape index (κ1) is 50.5. The van der Waals surface area contributed by atoms with Crippen molar-refractivity contribution in [2.75, 3.05) is 0 Å². The first-order valence-electron chi connectivity index (χ1n) is 11.7. The molecule has 264 valence electrons. The maximum atomic E-state index is 10.1. The van der Waals surface area contributed by atoms with E-state index < -0.39 is 50.0 Å². The van der Waals surface area contributed by atoms with Crippen LogP contribution in [-0.2, 0) is 27.4 Å². The molecule has 6 N–H and O–H groups in total. The van der Waals surface area contributed by atoms with E-state index in [1.807, 2.05) is 6.07 Å². The molecular formula is C24H24F6O12P6S+6. The van der Waals surface area contributed by atoms with Crippen molar-refractivity contribution in [1.82, 2.24) is 0 Å². The fourth-order valence-corrected chi connectivity index (χ4v) is 3.77. The molecule has 0 aliphatic rings. The van der Waals surface area contributed by atoms with Gasteiger partial charge in [0.2, 0.25) is 0 Å². The van der Waals surface area contributed by atoms with Gasteiger partial charge in [0.15, 0.2) is 0 Å². The molecule has 0 aliphatic carbocycles. The van der Waals surface area contributed by atoms with E-state index in [4.69, 9.17) is 56.8 Å². The Bertz CT molecular complexity index is 1470. The summed E-state index contributed by atoms with van der Waals surface area (Å²) in [5.74, 6) is 0. The Kier molecular flexibility index (Phi) is 33.4. The minimum absolute atomic E-state index is 1.25. The second-order valence-electron chi connectivity index (χ2n) is 7.21. The van der Waals surface area contributed by atoms with Crippen LogP contribution in [0.4, 0.5) is 25.2 Å². The van der Waals surface area contributed by atoms with Crippen LogP contribution in [-0.4, -0.2) is 29.4 Å². The summed E-state index contributed by atoms with van der Waals surface area (Å²) in [4.78, 5) is 43.9. The number of benzene rings is 4. The van der Waals surface area contributed by atoms with Gasteiger partial charge in [0.25, 0.3) is 0 Å². The van der Waals surface area contributed by atoms with Crippen molar-refractivity contribution in [2.24, 2.45) is 0 Å². The third-order valence-corrected chi connectivity index (χ3v) is 5.17. The van der Waals surface area contributed by atoms with E-state index in [1.54, 1.807) is 11.8 Å². The number of hydrogen-bond donors (Lipinski definition) is 6. The van der Waals surface area contributed by atoms with Gasteiger partial charge < -0.3 is 0 Å². The number of hydrogen-bond acceptors (Lipinski definition) is 7. The lowest BCUT2D eigenvalue weighted by atomic mass is 9.95. The van der Waals surface area contributed by atoms with Gasteiger partial charge >= 0.3 is 50.0 Å². The van der Waals surface area contributed by atoms with Crippen molar-refractivity contribution in [2.45, 2.75) is 9.79 Å². The molecule has 6 unspecified atom stereocenters. The molecule has 4 rings (SSSR count). The Morgan fingerprint density at radius 2 is 0.571 bits per heavy atom. The topological polar surface area (TPSA) is 224 Å². The molecule has 0 aromatic heterocycles. The third kappa shape index (κ3) is 39.5. The van der Waals surface area contributed by atoms with Gasteiger partial charge in [-0.1, -0.05) is 96.7 Å². The molecular weight excluding hydrogens is 812 g/mol. The molecule has 0 saturated heterocycles. The van der Waals surface area contributed by atoms with Crippen LogP contribution in [0, 0.1) is 0 Å². The van der Waals surface area contributed by atoms with Crippen molar-refractivity contribution in [3.63, 3.8) is 0 Å². The highest BCUT2D eigenvalue weighted by molar-refractivity contribution is 7.99. The normalized spacial score (nSPS) is 10.8. The van der Waals surface area contributed by atoms with Gasteiger partial charge in [0.05, 0.1) is 25.2 Å². The zero-order chi connectivity index (χ0) is 38.4. The van der Waals surface area contributed by atoms with Gasteiger partial charge in [-0.15, -0.1) is 29.4 Å². The molecule has 0 radical (unpaired) electrons. The predicted molar refractivity (Wildman–Crippen MR) is 173 cm³/mol. The van der Waals surface area contributed by atoms with E-state index in [0.717, 1.165) is 0 Å². The summed E-state index contributed by atoms with van der Waals surface area (Å²) in [6.45, 7) is 0. The van der Waals surface area contributed by atoms with E-state index in [2.05, 4.69) is 103 Å². The molecule has 4 aromatic carbocycles. The van der Waals surface area contributed by atoms with Gasteiger partial charge in [-0.3, -0.25) is 0 Å². The van der Waals surface area contributed by atoms with Crippen molar-refractivity contribution < 1.29 is 81.9 Å². The Balaban J connectivity index is -0.000000721. The highest BCUT2D eigenvalue weighted by atomic mass is 32.2. The van der Waals surface area contributed by atoms with Gasteiger partial charge in [0.1, 0.15) is 0 Å². The van der Waals surface area contributed by atoms with Gasteiger partial charge in [-0.05, 0) is 46.5 Å². The SMILES string of the molecule is O=[P+](O)F.O=[P+](O)F.O=[P+](O)F.O=[P+](O)F.O=[P+](O)F.O=[P+](O)F.c1ccc(Sc2ccc(-c3ccccc3-c3ccccc3)cc2)cc1. The molecule has 0 bridgehead atoms. The third-order valence-electron chi connectivity index (χ3n) is 4.16. The number of halogens is 6. The second kappa shape index (κ2) is 32.4. The largest absolute Gasteiger partial charge is 0.743 e. The van der Waals surface area contributed by atoms with E-state index in [1.165, 1.54) is 32.0 Å². The maximum Gasteiger partial charge on any atom is 0.743 e. The van der Waals surface area contributed by atoms with Crippen LogP contribution in [0.25, 0.3) is 22.3 Å². The van der Waals surface area contributed by atoms with Crippen LogP contribution in [0.3, 0.4) is 0 Å². The maximum absolute atomic E-state index is 10.1. The summed E-state index contributed by atoms with van der Waals surface area (Å²) < 4.78 is 111. The molecule has 4 aromatic rings. The smallest absolute Gasteiger partial charge is 0.130 e. The van der Waals surface area contributed by atoms with Gasteiger partial charge in [-0.25, -0.2) is 0 Å². The molecule has 6 atom stereocenters. The summed E-state index contributed by atoms with van der Waals surface area (Å²) >= 11 is 1.79. The summed E-state index contributed by atoms with van der Waals surface area (Å²) in [7, 11) is -20.2. The Morgan fingerprint density at radius 1 is 0.347 bits per heavy atom. The highest BCUT2D eigenvalue weighted by Gasteiger charge is 2.07. The van der Waals surface area contributed by atoms with Crippen LogP contribution in [0.15, 0.2) is 119 Å². The lowest BCUT2D eigenvalue weighted by molar-refractivity contribution is 0.458. The standard InChI is InChI=1S/C24H18S.6FO2P/c1-3-9-19(10-4-1)23-13-7-8-14-24(23)20-15-17-22(18-16-20)25-21-11-5-2-6-12-21;6*1-4(2)3/h1-18H;;;;;;/p+6. The molecule has 12 nitrogen and oxygen atoms in total. The van der Waals surface area contributed by atoms with E-state index in [0.29, 0.717) is 0 Å². The van der Waals surface area contributed by atoms with E-state index in [9.17, 15) is 25.2 Å². The van der Waals surface area contributed by atoms with Crippen molar-refractivity contribution in [3.05, 3.63) is 109 Å². The van der Waals surface area contributed by atoms with E-state index >= 15 is 0 Å². The van der Waals surface area contributed by atoms with Crippen molar-refractivity contribution in [1.29, 1.82) is 0 Å². The summed E-state index contributed by atoms with van der Waals surface area (Å²) in [5, 5.41) is 0. The Morgan fingerprint density at radius 3 is 0.878 bits per heavy atom. The average molecular weight is 836 g/mol. The first-order valence-corrected chi connectivity index (χ1v) is 19.1. The fourth-order valence-electron chi connectivity index (χ4n) is 2.93. The molecule has 0 aliphatic heterocycles. The van der Waals surface area contributed by atoms with Crippen molar-refractivity contribution >= 4 is 61.8 Å². The predicted octanol–water partition coefficient (Wildman–Crippen LogP) is 10.8. The average Bonchev–Trinajstić information content (AvgIpc) is 2.97. The van der Waals surface area contributed by atoms with Gasteiger partial charge in [-0.2, -0.15) is 0 Å². The summed E-state index contributed by atoms with van der Waals surface area (Å²) in [6, 6.07) is 38.5. The minimum Gasteiger partial charge on any atom is -0.130 e. The lowest BCUT2D eigenvalue weighted by Gasteiger charge is -2.11.